The zero-order valence-corrected chi connectivity index (χ0v) is 20.7. The molecular formula is C32H30N2O3. The maximum atomic E-state index is 12.8. The van der Waals surface area contributed by atoms with Gasteiger partial charge >= 0.3 is 0 Å². The van der Waals surface area contributed by atoms with E-state index in [0.717, 1.165) is 38.2 Å². The van der Waals surface area contributed by atoms with E-state index in [1.54, 1.807) is 36.4 Å². The van der Waals surface area contributed by atoms with Crippen molar-refractivity contribution < 1.29 is 14.3 Å². The Bertz CT molecular complexity index is 1370. The zero-order chi connectivity index (χ0) is 25.5. The van der Waals surface area contributed by atoms with E-state index in [9.17, 15) is 9.59 Å². The van der Waals surface area contributed by atoms with E-state index in [2.05, 4.69) is 34.5 Å². The number of carbonyl (C=O) groups is 2. The van der Waals surface area contributed by atoms with Crippen molar-refractivity contribution in [2.45, 2.75) is 19.4 Å². The van der Waals surface area contributed by atoms with Crippen LogP contribution in [0.4, 0.5) is 5.69 Å². The second kappa shape index (κ2) is 11.7. The number of anilines is 1. The first-order valence-electron chi connectivity index (χ1n) is 12.7. The van der Waals surface area contributed by atoms with Crippen LogP contribution in [0.1, 0.15) is 43.8 Å². The van der Waals surface area contributed by atoms with Crippen LogP contribution in [-0.2, 0) is 13.0 Å². The highest BCUT2D eigenvalue weighted by molar-refractivity contribution is 6.11. The summed E-state index contributed by atoms with van der Waals surface area (Å²) in [7, 11) is 0. The van der Waals surface area contributed by atoms with Gasteiger partial charge in [0.25, 0.3) is 5.91 Å². The fourth-order valence-corrected chi connectivity index (χ4v) is 4.62. The number of nitrogens with one attached hydrogen (secondary N) is 1. The Morgan fingerprint density at radius 2 is 1.46 bits per heavy atom. The van der Waals surface area contributed by atoms with Crippen LogP contribution in [0.2, 0.25) is 0 Å². The first-order valence-corrected chi connectivity index (χ1v) is 12.7. The van der Waals surface area contributed by atoms with Gasteiger partial charge in [-0.3, -0.25) is 14.5 Å². The lowest BCUT2D eigenvalue weighted by Gasteiger charge is -2.28. The summed E-state index contributed by atoms with van der Waals surface area (Å²) in [5.74, 6) is 0.402. The Kier molecular flexibility index (Phi) is 7.72. The monoisotopic (exact) mass is 490 g/mol. The summed E-state index contributed by atoms with van der Waals surface area (Å²) in [4.78, 5) is 28.0. The molecule has 0 aromatic heterocycles. The van der Waals surface area contributed by atoms with E-state index in [4.69, 9.17) is 4.74 Å². The van der Waals surface area contributed by atoms with Gasteiger partial charge < -0.3 is 10.1 Å². The van der Waals surface area contributed by atoms with Crippen LogP contribution in [0.3, 0.4) is 0 Å². The summed E-state index contributed by atoms with van der Waals surface area (Å²) in [6.07, 6.45) is 2.07. The van der Waals surface area contributed by atoms with E-state index in [-0.39, 0.29) is 11.7 Å². The van der Waals surface area contributed by atoms with Crippen LogP contribution in [0.25, 0.3) is 0 Å². The number of ether oxygens (including phenoxy) is 1. The molecule has 1 aliphatic rings. The number of amides is 1. The van der Waals surface area contributed by atoms with Crippen molar-refractivity contribution >= 4 is 17.4 Å². The molecule has 0 bridgehead atoms. The van der Waals surface area contributed by atoms with Crippen molar-refractivity contribution in [3.05, 3.63) is 131 Å². The van der Waals surface area contributed by atoms with Gasteiger partial charge in [-0.25, -0.2) is 0 Å². The molecule has 1 amide bonds. The number of hydrogen-bond acceptors (Lipinski definition) is 4. The molecule has 0 spiro atoms. The maximum absolute atomic E-state index is 12.8. The van der Waals surface area contributed by atoms with Crippen molar-refractivity contribution in [1.29, 1.82) is 0 Å². The predicted octanol–water partition coefficient (Wildman–Crippen LogP) is 6.00. The summed E-state index contributed by atoms with van der Waals surface area (Å²) < 4.78 is 5.92. The molecule has 1 N–H and O–H groups in total. The maximum Gasteiger partial charge on any atom is 0.255 e. The van der Waals surface area contributed by atoms with Gasteiger partial charge in [0.15, 0.2) is 5.78 Å². The molecule has 0 saturated heterocycles. The fourth-order valence-electron chi connectivity index (χ4n) is 4.62. The fraction of sp³-hybridized carbons (Fsp3) is 0.188. The Labute approximate surface area is 217 Å². The molecule has 4 aromatic rings. The van der Waals surface area contributed by atoms with Gasteiger partial charge in [0, 0.05) is 42.0 Å². The third-order valence-corrected chi connectivity index (χ3v) is 6.63. The molecule has 0 atom stereocenters. The van der Waals surface area contributed by atoms with Crippen LogP contribution in [0.15, 0.2) is 103 Å². The average molecular weight is 491 g/mol. The molecule has 0 saturated carbocycles. The summed E-state index contributed by atoms with van der Waals surface area (Å²) in [6.45, 7) is 3.75. The lowest BCUT2D eigenvalue weighted by Crippen LogP contribution is -2.31. The molecule has 0 fully saturated rings. The molecule has 5 rings (SSSR count). The average Bonchev–Trinajstić information content (AvgIpc) is 2.96. The molecule has 4 aromatic carbocycles. The van der Waals surface area contributed by atoms with Gasteiger partial charge in [-0.1, -0.05) is 66.7 Å². The van der Waals surface area contributed by atoms with Crippen molar-refractivity contribution in [1.82, 2.24) is 4.90 Å². The minimum atomic E-state index is -0.264. The second-order valence-electron chi connectivity index (χ2n) is 9.25. The summed E-state index contributed by atoms with van der Waals surface area (Å²) in [5.41, 5.74) is 5.08. The number of carbonyl (C=O) groups excluding carboxylic acids is 2. The second-order valence-corrected chi connectivity index (χ2v) is 9.25. The van der Waals surface area contributed by atoms with Crippen molar-refractivity contribution in [3.8, 4) is 5.75 Å². The Morgan fingerprint density at radius 1 is 0.757 bits per heavy atom. The molecule has 186 valence electrons. The number of benzene rings is 4. The summed E-state index contributed by atoms with van der Waals surface area (Å²) >= 11 is 0. The number of ketones is 1. The SMILES string of the molecule is O=C(Nc1ccc(OCCCN2CCc3ccccc3C2)cc1)c1cccc(C(=O)c2ccccc2)c1. The van der Waals surface area contributed by atoms with E-state index in [1.807, 2.05) is 42.5 Å². The molecule has 1 aliphatic heterocycles. The van der Waals surface area contributed by atoms with Crippen LogP contribution in [0.5, 0.6) is 5.75 Å². The number of hydrogen-bond donors (Lipinski definition) is 1. The summed E-state index contributed by atoms with van der Waals surface area (Å²) in [5, 5.41) is 2.90. The minimum absolute atomic E-state index is 0.109. The first kappa shape index (κ1) is 24.5. The largest absolute Gasteiger partial charge is 0.494 e. The molecule has 5 nitrogen and oxygen atoms in total. The highest BCUT2D eigenvalue weighted by atomic mass is 16.5. The molecule has 0 aliphatic carbocycles. The molecule has 0 unspecified atom stereocenters. The first-order chi connectivity index (χ1) is 18.2. The molecular weight excluding hydrogens is 460 g/mol. The lowest BCUT2D eigenvalue weighted by atomic mass is 10.00. The Morgan fingerprint density at radius 3 is 2.27 bits per heavy atom. The Hall–Kier alpha value is -4.22. The van der Waals surface area contributed by atoms with E-state index in [1.165, 1.54) is 11.1 Å². The number of nitrogens with zero attached hydrogens (tertiary/aromatic N) is 1. The highest BCUT2D eigenvalue weighted by Crippen LogP contribution is 2.20. The zero-order valence-electron chi connectivity index (χ0n) is 20.7. The minimum Gasteiger partial charge on any atom is -0.494 e. The van der Waals surface area contributed by atoms with Crippen molar-refractivity contribution in [2.24, 2.45) is 0 Å². The van der Waals surface area contributed by atoms with Crippen LogP contribution >= 0.6 is 0 Å². The van der Waals surface area contributed by atoms with Crippen LogP contribution in [-0.4, -0.2) is 36.3 Å². The van der Waals surface area contributed by atoms with Crippen molar-refractivity contribution in [2.75, 3.05) is 25.0 Å². The normalized spacial score (nSPS) is 13.0. The molecule has 1 heterocycles. The van der Waals surface area contributed by atoms with Crippen molar-refractivity contribution in [3.63, 3.8) is 0 Å². The van der Waals surface area contributed by atoms with Gasteiger partial charge in [0.05, 0.1) is 6.61 Å². The third kappa shape index (κ3) is 6.32. The highest BCUT2D eigenvalue weighted by Gasteiger charge is 2.15. The van der Waals surface area contributed by atoms with Gasteiger partial charge in [0.1, 0.15) is 5.75 Å². The van der Waals surface area contributed by atoms with Crippen LogP contribution in [0, 0.1) is 0 Å². The topological polar surface area (TPSA) is 58.6 Å². The predicted molar refractivity (Wildman–Crippen MR) is 146 cm³/mol. The van der Waals surface area contributed by atoms with Gasteiger partial charge in [-0.05, 0) is 60.4 Å². The molecule has 37 heavy (non-hydrogen) atoms. The Balaban J connectivity index is 1.09. The third-order valence-electron chi connectivity index (χ3n) is 6.63. The van der Waals surface area contributed by atoms with E-state index < -0.39 is 0 Å². The van der Waals surface area contributed by atoms with Gasteiger partial charge in [0.2, 0.25) is 0 Å². The number of rotatable bonds is 9. The lowest BCUT2D eigenvalue weighted by molar-refractivity contribution is 0.102. The van der Waals surface area contributed by atoms with E-state index >= 15 is 0 Å². The van der Waals surface area contributed by atoms with Gasteiger partial charge in [-0.15, -0.1) is 0 Å². The summed E-state index contributed by atoms with van der Waals surface area (Å²) in [6, 6.07) is 31.9. The van der Waals surface area contributed by atoms with E-state index in [0.29, 0.717) is 29.0 Å². The molecule has 5 heteroatoms. The smallest absolute Gasteiger partial charge is 0.255 e. The van der Waals surface area contributed by atoms with Gasteiger partial charge in [-0.2, -0.15) is 0 Å². The van der Waals surface area contributed by atoms with Crippen LogP contribution < -0.4 is 10.1 Å². The number of fused-ring (bicyclic) bond motifs is 1. The standard InChI is InChI=1S/C32H30N2O3/c35-31(25-9-2-1-3-10-25)26-12-6-13-27(22-26)32(36)33-29-14-16-30(17-15-29)37-21-7-19-34-20-18-24-8-4-5-11-28(24)23-34/h1-6,8-17,22H,7,18-21,23H2,(H,33,36). The molecule has 0 radical (unpaired) electrons. The quantitative estimate of drug-likeness (QED) is 0.231.